The van der Waals surface area contributed by atoms with Crippen LogP contribution in [0.15, 0.2) is 6.07 Å². The lowest BCUT2D eigenvalue weighted by Gasteiger charge is -2.39. The normalized spacial score (nSPS) is 26.3. The van der Waals surface area contributed by atoms with E-state index in [1.54, 1.807) is 0 Å². The fourth-order valence-corrected chi connectivity index (χ4v) is 2.76. The lowest BCUT2D eigenvalue weighted by atomic mass is 9.77. The van der Waals surface area contributed by atoms with Crippen molar-refractivity contribution in [3.8, 4) is 0 Å². The van der Waals surface area contributed by atoms with Crippen molar-refractivity contribution in [2.75, 3.05) is 24.3 Å². The van der Waals surface area contributed by atoms with E-state index in [1.165, 1.54) is 0 Å². The summed E-state index contributed by atoms with van der Waals surface area (Å²) in [5.74, 6) is 3.19. The highest BCUT2D eigenvalue weighted by atomic mass is 16.3. The van der Waals surface area contributed by atoms with Crippen LogP contribution in [0, 0.1) is 5.92 Å². The first-order valence-corrected chi connectivity index (χ1v) is 7.55. The second kappa shape index (κ2) is 6.39. The van der Waals surface area contributed by atoms with Gasteiger partial charge >= 0.3 is 0 Å². The van der Waals surface area contributed by atoms with E-state index < -0.39 is 0 Å². The van der Waals surface area contributed by atoms with Gasteiger partial charge < -0.3 is 15.7 Å². The Morgan fingerprint density at radius 2 is 1.95 bits per heavy atom. The monoisotopic (exact) mass is 278 g/mol. The van der Waals surface area contributed by atoms with E-state index in [4.69, 9.17) is 0 Å². The number of nitrogens with one attached hydrogen (secondary N) is 2. The highest BCUT2D eigenvalue weighted by molar-refractivity contribution is 5.49. The molecule has 5 heteroatoms. The second-order valence-corrected chi connectivity index (χ2v) is 5.90. The molecule has 112 valence electrons. The molecule has 0 radical (unpaired) electrons. The number of aryl methyl sites for hydroxylation is 1. The third-order valence-electron chi connectivity index (χ3n) is 4.27. The average molecular weight is 278 g/mol. The molecule has 3 N–H and O–H groups in total. The van der Waals surface area contributed by atoms with Crippen molar-refractivity contribution in [1.82, 2.24) is 9.97 Å². The molecule has 1 fully saturated rings. The summed E-state index contributed by atoms with van der Waals surface area (Å²) >= 11 is 0. The van der Waals surface area contributed by atoms with Gasteiger partial charge in [0.2, 0.25) is 0 Å². The Morgan fingerprint density at radius 3 is 2.50 bits per heavy atom. The van der Waals surface area contributed by atoms with Crippen molar-refractivity contribution in [2.45, 2.75) is 51.5 Å². The minimum absolute atomic E-state index is 0.153. The quantitative estimate of drug-likeness (QED) is 0.771. The number of rotatable bonds is 5. The van der Waals surface area contributed by atoms with Gasteiger partial charge in [-0.15, -0.1) is 0 Å². The first kappa shape index (κ1) is 15.0. The van der Waals surface area contributed by atoms with Crippen LogP contribution in [0.1, 0.15) is 45.4 Å². The molecule has 1 aromatic rings. The lowest BCUT2D eigenvalue weighted by molar-refractivity contribution is 0.155. The third-order valence-corrected chi connectivity index (χ3v) is 4.27. The molecule has 1 aliphatic carbocycles. The zero-order valence-corrected chi connectivity index (χ0v) is 12.7. The molecule has 0 unspecified atom stereocenters. The van der Waals surface area contributed by atoms with Gasteiger partial charge in [-0.1, -0.05) is 13.8 Å². The fraction of sp³-hybridized carbons (Fsp3) is 0.733. The van der Waals surface area contributed by atoms with Crippen molar-refractivity contribution >= 4 is 11.6 Å². The molecule has 0 aromatic carbocycles. The molecule has 1 aliphatic rings. The molecule has 0 aliphatic heterocycles. The highest BCUT2D eigenvalue weighted by Gasteiger charge is 2.34. The van der Waals surface area contributed by atoms with Crippen LogP contribution in [0.3, 0.4) is 0 Å². The Balaban J connectivity index is 2.18. The standard InChI is InChI=1S/C15H26N4O/c1-4-12-17-13(16-3)9-14(18-12)19-15(10-20)7-5-11(2)6-8-15/h9,11,20H,4-8,10H2,1-3H3,(H2,16,17,18,19). The zero-order chi connectivity index (χ0) is 14.6. The van der Waals surface area contributed by atoms with E-state index in [9.17, 15) is 5.11 Å². The minimum atomic E-state index is -0.225. The van der Waals surface area contributed by atoms with Gasteiger partial charge in [0, 0.05) is 19.5 Å². The number of anilines is 2. The summed E-state index contributed by atoms with van der Waals surface area (Å²) in [4.78, 5) is 8.93. The minimum Gasteiger partial charge on any atom is -0.394 e. The van der Waals surface area contributed by atoms with Gasteiger partial charge in [-0.25, -0.2) is 9.97 Å². The first-order chi connectivity index (χ1) is 9.60. The van der Waals surface area contributed by atoms with Crippen molar-refractivity contribution < 1.29 is 5.11 Å². The second-order valence-electron chi connectivity index (χ2n) is 5.90. The zero-order valence-electron chi connectivity index (χ0n) is 12.7. The summed E-state index contributed by atoms with van der Waals surface area (Å²) in [7, 11) is 1.86. The largest absolute Gasteiger partial charge is 0.394 e. The van der Waals surface area contributed by atoms with E-state index in [-0.39, 0.29) is 12.1 Å². The Bertz CT molecular complexity index is 419. The van der Waals surface area contributed by atoms with E-state index in [0.29, 0.717) is 0 Å². The molecule has 2 rings (SSSR count). The molecule has 5 nitrogen and oxygen atoms in total. The van der Waals surface area contributed by atoms with Crippen LogP contribution in [-0.2, 0) is 6.42 Å². The van der Waals surface area contributed by atoms with Crippen LogP contribution in [-0.4, -0.2) is 34.3 Å². The molecule has 0 amide bonds. The van der Waals surface area contributed by atoms with Crippen LogP contribution in [0.4, 0.5) is 11.6 Å². The maximum Gasteiger partial charge on any atom is 0.132 e. The van der Waals surface area contributed by atoms with E-state index in [0.717, 1.165) is 55.5 Å². The summed E-state index contributed by atoms with van der Waals surface area (Å²) < 4.78 is 0. The topological polar surface area (TPSA) is 70.1 Å². The predicted octanol–water partition coefficient (Wildman–Crippen LogP) is 2.43. The summed E-state index contributed by atoms with van der Waals surface area (Å²) in [6.45, 7) is 4.48. The van der Waals surface area contributed by atoms with Crippen molar-refractivity contribution in [3.05, 3.63) is 11.9 Å². The number of hydrogen-bond donors (Lipinski definition) is 3. The molecule has 1 heterocycles. The van der Waals surface area contributed by atoms with Gasteiger partial charge in [0.15, 0.2) is 0 Å². The average Bonchev–Trinajstić information content (AvgIpc) is 2.49. The maximum absolute atomic E-state index is 9.82. The molecule has 0 saturated heterocycles. The molecular weight excluding hydrogens is 252 g/mol. The molecular formula is C15H26N4O. The Labute approximate surface area is 121 Å². The van der Waals surface area contributed by atoms with Gasteiger partial charge in [0.05, 0.1) is 12.1 Å². The van der Waals surface area contributed by atoms with Crippen LogP contribution in [0.25, 0.3) is 0 Å². The Hall–Kier alpha value is -1.36. The highest BCUT2D eigenvalue weighted by Crippen LogP contribution is 2.34. The van der Waals surface area contributed by atoms with Crippen LogP contribution < -0.4 is 10.6 Å². The molecule has 1 aromatic heterocycles. The molecule has 20 heavy (non-hydrogen) atoms. The summed E-state index contributed by atoms with van der Waals surface area (Å²) in [6.07, 6.45) is 5.08. The summed E-state index contributed by atoms with van der Waals surface area (Å²) in [6, 6.07) is 1.91. The first-order valence-electron chi connectivity index (χ1n) is 7.55. The number of aliphatic hydroxyl groups is 1. The fourth-order valence-electron chi connectivity index (χ4n) is 2.76. The smallest absolute Gasteiger partial charge is 0.132 e. The predicted molar refractivity (Wildman–Crippen MR) is 82.0 cm³/mol. The molecule has 0 spiro atoms. The lowest BCUT2D eigenvalue weighted by Crippen LogP contribution is -2.45. The third kappa shape index (κ3) is 3.39. The summed E-state index contributed by atoms with van der Waals surface area (Å²) in [5, 5.41) is 16.4. The maximum atomic E-state index is 9.82. The SMILES string of the molecule is CCc1nc(NC)cc(NC2(CO)CCC(C)CC2)n1. The van der Waals surface area contributed by atoms with E-state index in [2.05, 4.69) is 27.5 Å². The van der Waals surface area contributed by atoms with Gasteiger partial charge in [-0.2, -0.15) is 0 Å². The van der Waals surface area contributed by atoms with Gasteiger partial charge in [0.1, 0.15) is 17.5 Å². The van der Waals surface area contributed by atoms with Gasteiger partial charge in [-0.3, -0.25) is 0 Å². The van der Waals surface area contributed by atoms with Crippen LogP contribution in [0.2, 0.25) is 0 Å². The van der Waals surface area contributed by atoms with Gasteiger partial charge in [0.25, 0.3) is 0 Å². The van der Waals surface area contributed by atoms with Crippen LogP contribution >= 0.6 is 0 Å². The van der Waals surface area contributed by atoms with Gasteiger partial charge in [-0.05, 0) is 31.6 Å². The van der Waals surface area contributed by atoms with Crippen molar-refractivity contribution in [3.63, 3.8) is 0 Å². The molecule has 0 bridgehead atoms. The molecule has 1 saturated carbocycles. The molecule has 0 atom stereocenters. The number of aromatic nitrogens is 2. The summed E-state index contributed by atoms with van der Waals surface area (Å²) in [5.41, 5.74) is -0.225. The van der Waals surface area contributed by atoms with Crippen molar-refractivity contribution in [2.24, 2.45) is 5.92 Å². The van der Waals surface area contributed by atoms with Crippen LogP contribution in [0.5, 0.6) is 0 Å². The van der Waals surface area contributed by atoms with Crippen molar-refractivity contribution in [1.29, 1.82) is 0 Å². The number of aliphatic hydroxyl groups excluding tert-OH is 1. The number of hydrogen-bond acceptors (Lipinski definition) is 5. The Kier molecular flexibility index (Phi) is 4.81. The number of nitrogens with zero attached hydrogens (tertiary/aromatic N) is 2. The van der Waals surface area contributed by atoms with E-state index >= 15 is 0 Å². The Morgan fingerprint density at radius 1 is 1.30 bits per heavy atom. The van der Waals surface area contributed by atoms with E-state index in [1.807, 2.05) is 20.0 Å².